The molecule has 0 amide bonds. The summed E-state index contributed by atoms with van der Waals surface area (Å²) in [5.41, 5.74) is 0.000943. The molecule has 2 saturated carbocycles. The van der Waals surface area contributed by atoms with Crippen LogP contribution in [0.4, 0.5) is 0 Å². The molecule has 35 heavy (non-hydrogen) atoms. The molecule has 0 spiro atoms. The maximum absolute atomic E-state index is 14.0. The van der Waals surface area contributed by atoms with Crippen LogP contribution < -0.4 is 0 Å². The Bertz CT molecular complexity index is 1000. The van der Waals surface area contributed by atoms with Crippen molar-refractivity contribution in [2.75, 3.05) is 0 Å². The largest absolute Gasteiger partial charge is 0.392 e. The average Bonchev–Trinajstić information content (AvgIpc) is 2.99. The maximum Gasteiger partial charge on any atom is 0.160 e. The molecular formula is C30H44O5. The number of aldehydes is 1. The summed E-state index contributed by atoms with van der Waals surface area (Å²) >= 11 is 0. The lowest BCUT2D eigenvalue weighted by Crippen LogP contribution is -2.60. The van der Waals surface area contributed by atoms with Gasteiger partial charge in [0.2, 0.25) is 0 Å². The highest BCUT2D eigenvalue weighted by atomic mass is 16.3. The van der Waals surface area contributed by atoms with Crippen LogP contribution in [-0.4, -0.2) is 40.3 Å². The number of hydrogen-bond acceptors (Lipinski definition) is 5. The van der Waals surface area contributed by atoms with E-state index < -0.39 is 33.9 Å². The predicted molar refractivity (Wildman–Crippen MR) is 135 cm³/mol. The van der Waals surface area contributed by atoms with Crippen molar-refractivity contribution in [1.29, 1.82) is 0 Å². The Morgan fingerprint density at radius 1 is 1.11 bits per heavy atom. The zero-order valence-electron chi connectivity index (χ0n) is 22.6. The number of fused-ring (bicyclic) bond motifs is 4. The summed E-state index contributed by atoms with van der Waals surface area (Å²) in [7, 11) is 0. The molecule has 0 aromatic carbocycles. The van der Waals surface area contributed by atoms with Gasteiger partial charge >= 0.3 is 0 Å². The number of Topliss-reactive ketones (excluding diaryl/α,β-unsaturated/α-hetero) is 2. The standard InChI is InChI=1S/C30H44O5/c1-17(16-31)9-8-10-18(2)19-13-24(35)30(7)26-20(32)14-22-27(3,4)23(34)11-12-28(22,5)25(26)21(33)15-29(19,30)6/h9,16,18-20,22,24,32,35H,8,10-15H2,1-7H3/b17-9+/t18-,19-,20+,22-,24+,28+,29-,30+/m1/s1. The van der Waals surface area contributed by atoms with Crippen LogP contribution in [0.5, 0.6) is 0 Å². The molecular weight excluding hydrogens is 440 g/mol. The van der Waals surface area contributed by atoms with E-state index in [1.807, 2.05) is 26.8 Å². The summed E-state index contributed by atoms with van der Waals surface area (Å²) in [4.78, 5) is 37.8. The number of carbonyl (C=O) groups is 3. The molecule has 5 heteroatoms. The van der Waals surface area contributed by atoms with Crippen LogP contribution in [0.25, 0.3) is 0 Å². The van der Waals surface area contributed by atoms with Gasteiger partial charge in [0.25, 0.3) is 0 Å². The van der Waals surface area contributed by atoms with Gasteiger partial charge in [0.1, 0.15) is 12.1 Å². The lowest BCUT2D eigenvalue weighted by atomic mass is 9.42. The zero-order chi connectivity index (χ0) is 26.1. The SMILES string of the molecule is C/C(C=O)=C\CC[C@@H](C)[C@H]1C[C@H](O)[C@@]2(C)C3=C(C(=O)C[C@]12C)[C@@]1(C)CCC(=O)C(C)(C)[C@H]1C[C@@H]3O. The molecule has 4 rings (SSSR count). The Labute approximate surface area is 210 Å². The van der Waals surface area contributed by atoms with Crippen LogP contribution >= 0.6 is 0 Å². The second kappa shape index (κ2) is 8.48. The lowest BCUT2D eigenvalue weighted by Gasteiger charge is -2.61. The van der Waals surface area contributed by atoms with Gasteiger partial charge in [-0.05, 0) is 73.3 Å². The fourth-order valence-electron chi connectivity index (χ4n) is 9.01. The number of ketones is 2. The second-order valence-corrected chi connectivity index (χ2v) is 13.4. The minimum Gasteiger partial charge on any atom is -0.392 e. The van der Waals surface area contributed by atoms with E-state index in [1.54, 1.807) is 0 Å². The third kappa shape index (κ3) is 3.51. The smallest absolute Gasteiger partial charge is 0.160 e. The van der Waals surface area contributed by atoms with Gasteiger partial charge in [-0.1, -0.05) is 47.6 Å². The molecule has 4 aliphatic rings. The average molecular weight is 485 g/mol. The van der Waals surface area contributed by atoms with Crippen LogP contribution in [-0.2, 0) is 14.4 Å². The lowest BCUT2D eigenvalue weighted by molar-refractivity contribution is -0.146. The number of rotatable bonds is 5. The van der Waals surface area contributed by atoms with E-state index >= 15 is 0 Å². The number of carbonyl (C=O) groups excluding carboxylic acids is 3. The second-order valence-electron chi connectivity index (χ2n) is 13.4. The highest BCUT2D eigenvalue weighted by molar-refractivity contribution is 6.01. The van der Waals surface area contributed by atoms with Crippen molar-refractivity contribution >= 4 is 17.9 Å². The molecule has 0 unspecified atom stereocenters. The van der Waals surface area contributed by atoms with E-state index in [0.717, 1.165) is 35.8 Å². The molecule has 5 nitrogen and oxygen atoms in total. The van der Waals surface area contributed by atoms with Crippen LogP contribution in [0, 0.1) is 39.4 Å². The molecule has 0 radical (unpaired) electrons. The normalized spacial score (nSPS) is 44.0. The van der Waals surface area contributed by atoms with Crippen LogP contribution in [0.1, 0.15) is 93.4 Å². The Balaban J connectivity index is 1.78. The van der Waals surface area contributed by atoms with Crippen LogP contribution in [0.2, 0.25) is 0 Å². The first-order valence-electron chi connectivity index (χ1n) is 13.5. The minimum atomic E-state index is -0.830. The highest BCUT2D eigenvalue weighted by Crippen LogP contribution is 2.71. The molecule has 0 bridgehead atoms. The molecule has 2 fully saturated rings. The van der Waals surface area contributed by atoms with Gasteiger partial charge in [-0.25, -0.2) is 0 Å². The monoisotopic (exact) mass is 484 g/mol. The highest BCUT2D eigenvalue weighted by Gasteiger charge is 2.69. The van der Waals surface area contributed by atoms with E-state index in [-0.39, 0.29) is 29.3 Å². The first-order valence-corrected chi connectivity index (χ1v) is 13.5. The summed E-state index contributed by atoms with van der Waals surface area (Å²) in [6.07, 6.45) is 5.53. The summed E-state index contributed by atoms with van der Waals surface area (Å²) in [5, 5.41) is 23.2. The van der Waals surface area contributed by atoms with E-state index in [1.165, 1.54) is 0 Å². The van der Waals surface area contributed by atoms with Crippen molar-refractivity contribution in [3.63, 3.8) is 0 Å². The third-order valence-electron chi connectivity index (χ3n) is 11.3. The summed E-state index contributed by atoms with van der Waals surface area (Å²) in [6.45, 7) is 14.3. The molecule has 0 heterocycles. The Kier molecular flexibility index (Phi) is 6.41. The van der Waals surface area contributed by atoms with Crippen LogP contribution in [0.15, 0.2) is 22.8 Å². The Morgan fingerprint density at radius 3 is 2.40 bits per heavy atom. The van der Waals surface area contributed by atoms with Gasteiger partial charge in [0, 0.05) is 34.7 Å². The predicted octanol–water partition coefficient (Wildman–Crippen LogP) is 4.99. The number of aliphatic hydroxyl groups excluding tert-OH is 2. The van der Waals surface area contributed by atoms with E-state index in [4.69, 9.17) is 0 Å². The Morgan fingerprint density at radius 2 is 1.77 bits per heavy atom. The zero-order valence-corrected chi connectivity index (χ0v) is 22.6. The third-order valence-corrected chi connectivity index (χ3v) is 11.3. The summed E-state index contributed by atoms with van der Waals surface area (Å²) in [6, 6.07) is 0. The van der Waals surface area contributed by atoms with Crippen LogP contribution in [0.3, 0.4) is 0 Å². The van der Waals surface area contributed by atoms with Crippen molar-refractivity contribution in [2.24, 2.45) is 39.4 Å². The maximum atomic E-state index is 14.0. The van der Waals surface area contributed by atoms with Gasteiger partial charge < -0.3 is 10.2 Å². The molecule has 0 aromatic rings. The molecule has 0 aromatic heterocycles. The fourth-order valence-corrected chi connectivity index (χ4v) is 9.01. The molecule has 0 aliphatic heterocycles. The molecule has 2 N–H and O–H groups in total. The van der Waals surface area contributed by atoms with Crippen molar-refractivity contribution in [3.05, 3.63) is 22.8 Å². The quantitative estimate of drug-likeness (QED) is 0.424. The van der Waals surface area contributed by atoms with E-state index in [9.17, 15) is 24.6 Å². The minimum absolute atomic E-state index is 0.0944. The molecule has 0 saturated heterocycles. The summed E-state index contributed by atoms with van der Waals surface area (Å²) < 4.78 is 0. The first-order chi connectivity index (χ1) is 16.2. The van der Waals surface area contributed by atoms with Crippen molar-refractivity contribution in [3.8, 4) is 0 Å². The number of aliphatic hydroxyl groups is 2. The summed E-state index contributed by atoms with van der Waals surface area (Å²) in [5.74, 6) is 0.608. The van der Waals surface area contributed by atoms with Gasteiger partial charge in [-0.2, -0.15) is 0 Å². The van der Waals surface area contributed by atoms with Gasteiger partial charge in [0.15, 0.2) is 5.78 Å². The molecule has 4 aliphatic carbocycles. The topological polar surface area (TPSA) is 91.7 Å². The van der Waals surface area contributed by atoms with Crippen molar-refractivity contribution in [2.45, 2.75) is 106 Å². The Hall–Kier alpha value is -1.59. The van der Waals surface area contributed by atoms with Gasteiger partial charge in [0.05, 0.1) is 12.2 Å². The number of hydrogen-bond donors (Lipinski definition) is 2. The first kappa shape index (κ1) is 26.5. The number of allylic oxidation sites excluding steroid dienone is 3. The van der Waals surface area contributed by atoms with E-state index in [2.05, 4.69) is 27.7 Å². The van der Waals surface area contributed by atoms with Crippen molar-refractivity contribution in [1.82, 2.24) is 0 Å². The molecule has 194 valence electrons. The fraction of sp³-hybridized carbons (Fsp3) is 0.767. The van der Waals surface area contributed by atoms with Gasteiger partial charge in [-0.3, -0.25) is 14.4 Å². The van der Waals surface area contributed by atoms with Crippen molar-refractivity contribution < 1.29 is 24.6 Å². The van der Waals surface area contributed by atoms with Gasteiger partial charge in [-0.15, -0.1) is 0 Å². The van der Waals surface area contributed by atoms with E-state index in [0.29, 0.717) is 32.1 Å². The molecule has 8 atom stereocenters.